The fourth-order valence-electron chi connectivity index (χ4n) is 1.39. The number of phenolic OH excluding ortho intramolecular Hbond substituents is 1. The van der Waals surface area contributed by atoms with Crippen LogP contribution < -0.4 is 9.78 Å². The summed E-state index contributed by atoms with van der Waals surface area (Å²) >= 11 is 0. The Morgan fingerprint density at radius 1 is 0.833 bits per heavy atom. The number of hydrogen-bond acceptors (Lipinski definition) is 3. The average molecular weight is 166 g/mol. The van der Waals surface area contributed by atoms with Crippen LogP contribution in [0.5, 0.6) is 17.2 Å². The Morgan fingerprint density at radius 3 is 2.08 bits per heavy atom. The van der Waals surface area contributed by atoms with Gasteiger partial charge in [0.2, 0.25) is 5.75 Å². The van der Waals surface area contributed by atoms with Crippen LogP contribution in [-0.4, -0.2) is 5.11 Å². The second-order valence-electron chi connectivity index (χ2n) is 3.05. The molecule has 1 aromatic carbocycles. The van der Waals surface area contributed by atoms with E-state index in [1.165, 1.54) is 0 Å². The Labute approximate surface area is 70.5 Å². The smallest absolute Gasteiger partial charge is 0.227 e. The molecule has 3 heteroatoms. The van der Waals surface area contributed by atoms with Crippen molar-refractivity contribution < 1.29 is 14.9 Å². The SMILES string of the molecule is Cc1c(C)c2c(C)c(c1O)OO2. The first-order valence-electron chi connectivity index (χ1n) is 3.80. The molecule has 1 N–H and O–H groups in total. The van der Waals surface area contributed by atoms with Gasteiger partial charge in [-0.3, -0.25) is 9.78 Å². The van der Waals surface area contributed by atoms with Gasteiger partial charge in [0.05, 0.1) is 0 Å². The van der Waals surface area contributed by atoms with Gasteiger partial charge in [-0.15, -0.1) is 0 Å². The van der Waals surface area contributed by atoms with Gasteiger partial charge in [0.1, 0.15) is 0 Å². The quantitative estimate of drug-likeness (QED) is 0.599. The Kier molecular flexibility index (Phi) is 1.25. The predicted octanol–water partition coefficient (Wildman–Crippen LogP) is 2.00. The molecule has 1 aromatic rings. The predicted molar refractivity (Wildman–Crippen MR) is 43.6 cm³/mol. The highest BCUT2D eigenvalue weighted by Crippen LogP contribution is 2.46. The van der Waals surface area contributed by atoms with Gasteiger partial charge in [0.25, 0.3) is 0 Å². The van der Waals surface area contributed by atoms with E-state index >= 15 is 0 Å². The number of rotatable bonds is 0. The molecule has 2 rings (SSSR count). The van der Waals surface area contributed by atoms with E-state index in [0.717, 1.165) is 22.4 Å². The summed E-state index contributed by atoms with van der Waals surface area (Å²) in [4.78, 5) is 9.80. The van der Waals surface area contributed by atoms with Crippen LogP contribution in [0.1, 0.15) is 16.7 Å². The molecule has 0 aliphatic carbocycles. The lowest BCUT2D eigenvalue weighted by molar-refractivity contribution is -0.0865. The van der Waals surface area contributed by atoms with Crippen LogP contribution >= 0.6 is 0 Å². The Morgan fingerprint density at radius 2 is 1.42 bits per heavy atom. The lowest BCUT2D eigenvalue weighted by Gasteiger charge is -2.02. The van der Waals surface area contributed by atoms with Gasteiger partial charge in [-0.05, 0) is 20.8 Å². The van der Waals surface area contributed by atoms with E-state index in [2.05, 4.69) is 0 Å². The molecule has 0 fully saturated rings. The number of hydrogen-bond donors (Lipinski definition) is 1. The van der Waals surface area contributed by atoms with Gasteiger partial charge in [0, 0.05) is 16.7 Å². The molecular weight excluding hydrogens is 156 g/mol. The van der Waals surface area contributed by atoms with Crippen molar-refractivity contribution in [3.8, 4) is 17.2 Å². The van der Waals surface area contributed by atoms with E-state index in [1.807, 2.05) is 20.8 Å². The molecule has 1 heterocycles. The zero-order valence-corrected chi connectivity index (χ0v) is 7.26. The molecular formula is C9H10O3. The summed E-state index contributed by atoms with van der Waals surface area (Å²) < 4.78 is 0. The van der Waals surface area contributed by atoms with E-state index < -0.39 is 0 Å². The van der Waals surface area contributed by atoms with E-state index in [-0.39, 0.29) is 5.75 Å². The van der Waals surface area contributed by atoms with Crippen LogP contribution in [0.4, 0.5) is 0 Å². The topological polar surface area (TPSA) is 38.7 Å². The van der Waals surface area contributed by atoms with Crippen LogP contribution in [-0.2, 0) is 0 Å². The maximum absolute atomic E-state index is 9.59. The molecule has 0 saturated heterocycles. The highest BCUT2D eigenvalue weighted by molar-refractivity contribution is 5.62. The minimum atomic E-state index is 0.186. The highest BCUT2D eigenvalue weighted by atomic mass is 17.2. The van der Waals surface area contributed by atoms with Crippen LogP contribution in [0, 0.1) is 20.8 Å². The van der Waals surface area contributed by atoms with Gasteiger partial charge in [-0.25, -0.2) is 0 Å². The number of fused-ring (bicyclic) bond motifs is 2. The third-order valence-electron chi connectivity index (χ3n) is 2.36. The first kappa shape index (κ1) is 7.28. The molecule has 0 amide bonds. The second-order valence-corrected chi connectivity index (χ2v) is 3.05. The summed E-state index contributed by atoms with van der Waals surface area (Å²) in [6, 6.07) is 0. The first-order chi connectivity index (χ1) is 5.63. The second kappa shape index (κ2) is 2.06. The summed E-state index contributed by atoms with van der Waals surface area (Å²) in [5.41, 5.74) is 2.63. The van der Waals surface area contributed by atoms with Crippen molar-refractivity contribution >= 4 is 0 Å². The molecule has 0 radical (unpaired) electrons. The third-order valence-corrected chi connectivity index (χ3v) is 2.36. The van der Waals surface area contributed by atoms with Crippen molar-refractivity contribution in [2.24, 2.45) is 0 Å². The fraction of sp³-hybridized carbons (Fsp3) is 0.333. The lowest BCUT2D eigenvalue weighted by atomic mass is 10.0. The molecule has 2 bridgehead atoms. The molecule has 1 aliphatic heterocycles. The van der Waals surface area contributed by atoms with Crippen molar-refractivity contribution in [3.63, 3.8) is 0 Å². The van der Waals surface area contributed by atoms with E-state index in [0.29, 0.717) is 5.75 Å². The molecule has 0 aromatic heterocycles. The van der Waals surface area contributed by atoms with Crippen molar-refractivity contribution in [2.75, 3.05) is 0 Å². The van der Waals surface area contributed by atoms with E-state index in [9.17, 15) is 5.11 Å². The van der Waals surface area contributed by atoms with E-state index in [4.69, 9.17) is 9.78 Å². The largest absolute Gasteiger partial charge is 0.504 e. The molecule has 0 spiro atoms. The van der Waals surface area contributed by atoms with Gasteiger partial charge in [-0.2, -0.15) is 0 Å². The summed E-state index contributed by atoms with van der Waals surface area (Å²) in [5.74, 6) is 1.37. The number of aromatic hydroxyl groups is 1. The third kappa shape index (κ3) is 0.656. The fourth-order valence-corrected chi connectivity index (χ4v) is 1.39. The molecule has 12 heavy (non-hydrogen) atoms. The van der Waals surface area contributed by atoms with Crippen molar-refractivity contribution in [1.82, 2.24) is 0 Å². The number of benzene rings is 1. The average Bonchev–Trinajstić information content (AvgIpc) is 2.38. The Hall–Kier alpha value is -1.38. The standard InChI is InChI=1S/C9H10O3/c1-4-5(2)8-6(3)9(7(4)10)12-11-8/h10H,1-3H3. The van der Waals surface area contributed by atoms with Crippen LogP contribution in [0.2, 0.25) is 0 Å². The molecule has 64 valence electrons. The molecule has 0 unspecified atom stereocenters. The van der Waals surface area contributed by atoms with Crippen molar-refractivity contribution in [2.45, 2.75) is 20.8 Å². The monoisotopic (exact) mass is 166 g/mol. The van der Waals surface area contributed by atoms with Crippen LogP contribution in [0.25, 0.3) is 0 Å². The van der Waals surface area contributed by atoms with Crippen molar-refractivity contribution in [3.05, 3.63) is 16.7 Å². The van der Waals surface area contributed by atoms with E-state index in [1.54, 1.807) is 0 Å². The Balaban J connectivity index is 2.83. The molecule has 1 aliphatic rings. The first-order valence-corrected chi connectivity index (χ1v) is 3.80. The normalized spacial score (nSPS) is 12.6. The Bertz CT molecular complexity index is 324. The molecule has 3 nitrogen and oxygen atoms in total. The highest BCUT2D eigenvalue weighted by Gasteiger charge is 2.26. The lowest BCUT2D eigenvalue weighted by Crippen LogP contribution is -1.91. The number of phenols is 1. The minimum Gasteiger partial charge on any atom is -0.504 e. The summed E-state index contributed by atoms with van der Waals surface area (Å²) in [7, 11) is 0. The maximum atomic E-state index is 9.59. The summed E-state index contributed by atoms with van der Waals surface area (Å²) in [5, 5.41) is 9.59. The van der Waals surface area contributed by atoms with Crippen molar-refractivity contribution in [1.29, 1.82) is 0 Å². The minimum absolute atomic E-state index is 0.186. The molecule has 0 atom stereocenters. The van der Waals surface area contributed by atoms with Gasteiger partial charge >= 0.3 is 0 Å². The van der Waals surface area contributed by atoms with Gasteiger partial charge in [0.15, 0.2) is 11.5 Å². The summed E-state index contributed by atoms with van der Waals surface area (Å²) in [6.45, 7) is 5.61. The van der Waals surface area contributed by atoms with Crippen LogP contribution in [0.15, 0.2) is 0 Å². The zero-order chi connectivity index (χ0) is 8.88. The maximum Gasteiger partial charge on any atom is 0.227 e. The zero-order valence-electron chi connectivity index (χ0n) is 7.26. The molecule has 0 saturated carbocycles. The summed E-state index contributed by atoms with van der Waals surface area (Å²) in [6.07, 6.45) is 0. The van der Waals surface area contributed by atoms with Crippen LogP contribution in [0.3, 0.4) is 0 Å². The van der Waals surface area contributed by atoms with Gasteiger partial charge < -0.3 is 5.11 Å². The van der Waals surface area contributed by atoms with Gasteiger partial charge in [-0.1, -0.05) is 0 Å².